The van der Waals surface area contributed by atoms with Crippen molar-refractivity contribution in [2.75, 3.05) is 0 Å². The molecule has 0 aliphatic heterocycles. The van der Waals surface area contributed by atoms with E-state index in [-0.39, 0.29) is 5.92 Å². The molecule has 0 aromatic carbocycles. The van der Waals surface area contributed by atoms with Gasteiger partial charge in [-0.25, -0.2) is 0 Å². The van der Waals surface area contributed by atoms with E-state index in [0.717, 1.165) is 0 Å². The maximum atomic E-state index is 8.77. The molecule has 8 heavy (non-hydrogen) atoms. The first kappa shape index (κ1) is 7.92. The Hall–Kier alpha value is -0.0800. The lowest BCUT2D eigenvalue weighted by atomic mass is 10.0. The molecule has 0 spiro atoms. The number of aliphatic hydroxyl groups excluding tert-OH is 2. The van der Waals surface area contributed by atoms with Crippen LogP contribution >= 0.6 is 0 Å². The van der Waals surface area contributed by atoms with Crippen molar-refractivity contribution in [1.29, 1.82) is 0 Å². The lowest BCUT2D eigenvalue weighted by Crippen LogP contribution is -2.24. The van der Waals surface area contributed by atoms with Gasteiger partial charge >= 0.3 is 0 Å². The Labute approximate surface area is 50.2 Å². The van der Waals surface area contributed by atoms with E-state index in [9.17, 15) is 0 Å². The molecule has 0 bridgehead atoms. The molecule has 2 N–H and O–H groups in total. The first-order valence-electron chi connectivity index (χ1n) is 2.75. The summed E-state index contributed by atoms with van der Waals surface area (Å²) in [6, 6.07) is 0. The summed E-state index contributed by atoms with van der Waals surface area (Å²) in [4.78, 5) is 0. The van der Waals surface area contributed by atoms with Crippen molar-refractivity contribution in [3.63, 3.8) is 0 Å². The first-order chi connectivity index (χ1) is 3.55. The highest BCUT2D eigenvalue weighted by atomic mass is 16.3. The summed E-state index contributed by atoms with van der Waals surface area (Å²) < 4.78 is 0. The van der Waals surface area contributed by atoms with Crippen LogP contribution in [-0.4, -0.2) is 22.4 Å². The summed E-state index contributed by atoms with van der Waals surface area (Å²) in [5.41, 5.74) is 0. The lowest BCUT2D eigenvalue weighted by Gasteiger charge is -2.16. The van der Waals surface area contributed by atoms with Crippen LogP contribution in [0.25, 0.3) is 0 Å². The Bertz CT molecular complexity index is 51.5. The van der Waals surface area contributed by atoms with E-state index in [1.54, 1.807) is 13.8 Å². The second-order valence-corrected chi connectivity index (χ2v) is 2.15. The van der Waals surface area contributed by atoms with Crippen LogP contribution in [0.5, 0.6) is 0 Å². The van der Waals surface area contributed by atoms with Gasteiger partial charge in [0.1, 0.15) is 0 Å². The molecule has 0 heterocycles. The van der Waals surface area contributed by atoms with Gasteiger partial charge in [-0.2, -0.15) is 0 Å². The third kappa shape index (κ3) is 2.28. The molecule has 2 atom stereocenters. The highest BCUT2D eigenvalue weighted by Crippen LogP contribution is 2.05. The molecule has 0 saturated heterocycles. The van der Waals surface area contributed by atoms with Crippen molar-refractivity contribution in [3.05, 3.63) is 6.92 Å². The molecular formula is C6H13O2. The van der Waals surface area contributed by atoms with Gasteiger partial charge in [0.05, 0.1) is 12.2 Å². The molecule has 1 radical (unpaired) electrons. The van der Waals surface area contributed by atoms with Crippen molar-refractivity contribution >= 4 is 0 Å². The quantitative estimate of drug-likeness (QED) is 0.542. The van der Waals surface area contributed by atoms with Gasteiger partial charge in [-0.05, 0) is 20.8 Å². The van der Waals surface area contributed by atoms with Crippen molar-refractivity contribution in [1.82, 2.24) is 0 Å². The van der Waals surface area contributed by atoms with Gasteiger partial charge in [-0.1, -0.05) is 0 Å². The van der Waals surface area contributed by atoms with Crippen LogP contribution < -0.4 is 0 Å². The van der Waals surface area contributed by atoms with E-state index >= 15 is 0 Å². The molecule has 0 aliphatic rings. The van der Waals surface area contributed by atoms with Crippen LogP contribution in [0.3, 0.4) is 0 Å². The van der Waals surface area contributed by atoms with E-state index in [0.29, 0.717) is 0 Å². The zero-order valence-corrected chi connectivity index (χ0v) is 5.33. The summed E-state index contributed by atoms with van der Waals surface area (Å²) in [6.07, 6.45) is -1.04. The largest absolute Gasteiger partial charge is 0.393 e. The third-order valence-electron chi connectivity index (χ3n) is 1.24. The predicted octanol–water partition coefficient (Wildman–Crippen LogP) is 0.198. The minimum Gasteiger partial charge on any atom is -0.393 e. The van der Waals surface area contributed by atoms with Gasteiger partial charge in [-0.15, -0.1) is 0 Å². The summed E-state index contributed by atoms with van der Waals surface area (Å²) in [7, 11) is 0. The van der Waals surface area contributed by atoms with E-state index in [1.807, 2.05) is 0 Å². The summed E-state index contributed by atoms with van der Waals surface area (Å²) >= 11 is 0. The smallest absolute Gasteiger partial charge is 0.0564 e. The van der Waals surface area contributed by atoms with Crippen molar-refractivity contribution < 1.29 is 10.2 Å². The normalized spacial score (nSPS) is 22.1. The van der Waals surface area contributed by atoms with E-state index < -0.39 is 12.2 Å². The van der Waals surface area contributed by atoms with E-state index in [2.05, 4.69) is 6.92 Å². The Morgan fingerprint density at radius 1 is 1.12 bits per heavy atom. The molecule has 2 nitrogen and oxygen atoms in total. The van der Waals surface area contributed by atoms with E-state index in [4.69, 9.17) is 10.2 Å². The van der Waals surface area contributed by atoms with Crippen LogP contribution in [0.2, 0.25) is 0 Å². The number of hydrogen-bond acceptors (Lipinski definition) is 2. The topological polar surface area (TPSA) is 40.5 Å². The van der Waals surface area contributed by atoms with Gasteiger partial charge in [0.25, 0.3) is 0 Å². The van der Waals surface area contributed by atoms with Crippen LogP contribution in [0, 0.1) is 12.8 Å². The molecule has 0 aromatic rings. The highest BCUT2D eigenvalue weighted by Gasteiger charge is 2.13. The minimum atomic E-state index is -0.519. The highest BCUT2D eigenvalue weighted by molar-refractivity contribution is 4.71. The molecule has 0 aromatic heterocycles. The molecular weight excluding hydrogens is 104 g/mol. The first-order valence-corrected chi connectivity index (χ1v) is 2.75. The Kier molecular flexibility index (Phi) is 3.02. The summed E-state index contributed by atoms with van der Waals surface area (Å²) in [5.74, 6) is -0.269. The molecule has 0 amide bonds. The zero-order valence-electron chi connectivity index (χ0n) is 5.33. The Balaban J connectivity index is 3.46. The van der Waals surface area contributed by atoms with Crippen molar-refractivity contribution in [2.45, 2.75) is 26.1 Å². The fraction of sp³-hybridized carbons (Fsp3) is 0.833. The zero-order chi connectivity index (χ0) is 6.73. The number of hydrogen-bond donors (Lipinski definition) is 2. The third-order valence-corrected chi connectivity index (χ3v) is 1.24. The molecule has 2 heteroatoms. The summed E-state index contributed by atoms with van der Waals surface area (Å²) in [6.45, 7) is 6.77. The van der Waals surface area contributed by atoms with Crippen LogP contribution in [0.4, 0.5) is 0 Å². The Morgan fingerprint density at radius 3 is 1.38 bits per heavy atom. The van der Waals surface area contributed by atoms with Crippen molar-refractivity contribution in [3.8, 4) is 0 Å². The van der Waals surface area contributed by atoms with Gasteiger partial charge in [0, 0.05) is 5.92 Å². The van der Waals surface area contributed by atoms with Gasteiger partial charge in [0.15, 0.2) is 0 Å². The van der Waals surface area contributed by atoms with Crippen LogP contribution in [-0.2, 0) is 0 Å². The second kappa shape index (κ2) is 3.05. The maximum Gasteiger partial charge on any atom is 0.0564 e. The molecule has 0 rings (SSSR count). The summed E-state index contributed by atoms with van der Waals surface area (Å²) in [5, 5.41) is 17.5. The van der Waals surface area contributed by atoms with Gasteiger partial charge in [0.2, 0.25) is 0 Å². The van der Waals surface area contributed by atoms with E-state index in [1.165, 1.54) is 0 Å². The Morgan fingerprint density at radius 2 is 1.38 bits per heavy atom. The van der Waals surface area contributed by atoms with Gasteiger partial charge < -0.3 is 10.2 Å². The maximum absolute atomic E-state index is 8.77. The molecule has 2 unspecified atom stereocenters. The number of aliphatic hydroxyl groups is 2. The molecule has 0 fully saturated rings. The second-order valence-electron chi connectivity index (χ2n) is 2.15. The standard InChI is InChI=1S/C6H13O2/c1-4(5(2)7)6(3)8/h4-8H,1H2,2-3H3. The molecule has 0 saturated carbocycles. The lowest BCUT2D eigenvalue weighted by molar-refractivity contribution is 0.0557. The van der Waals surface area contributed by atoms with Crippen LogP contribution in [0.1, 0.15) is 13.8 Å². The fourth-order valence-corrected chi connectivity index (χ4v) is 0.403. The SMILES string of the molecule is [CH2]C(C(C)O)C(C)O. The predicted molar refractivity (Wildman–Crippen MR) is 32.2 cm³/mol. The monoisotopic (exact) mass is 117 g/mol. The van der Waals surface area contributed by atoms with Crippen LogP contribution in [0.15, 0.2) is 0 Å². The van der Waals surface area contributed by atoms with Gasteiger partial charge in [-0.3, -0.25) is 0 Å². The average Bonchev–Trinajstić information content (AvgIpc) is 1.64. The number of rotatable bonds is 2. The average molecular weight is 117 g/mol. The van der Waals surface area contributed by atoms with Crippen molar-refractivity contribution in [2.24, 2.45) is 5.92 Å². The minimum absolute atomic E-state index is 0.269. The fourth-order valence-electron chi connectivity index (χ4n) is 0.403. The molecule has 49 valence electrons. The molecule has 0 aliphatic carbocycles.